The van der Waals surface area contributed by atoms with Gasteiger partial charge in [0.25, 0.3) is 0 Å². The first-order valence-electron chi connectivity index (χ1n) is 8.03. The average Bonchev–Trinajstić information content (AvgIpc) is 3.16. The molecule has 2 saturated carbocycles. The summed E-state index contributed by atoms with van der Waals surface area (Å²) in [6.07, 6.45) is 5.56. The van der Waals surface area contributed by atoms with Crippen LogP contribution in [0.15, 0.2) is 0 Å². The fourth-order valence-corrected chi connectivity index (χ4v) is 5.01. The van der Waals surface area contributed by atoms with Crippen LogP contribution in [-0.2, 0) is 4.79 Å². The van der Waals surface area contributed by atoms with Gasteiger partial charge in [-0.2, -0.15) is 0 Å². The van der Waals surface area contributed by atoms with Crippen molar-refractivity contribution in [3.8, 4) is 0 Å². The summed E-state index contributed by atoms with van der Waals surface area (Å²) < 4.78 is 0. The second-order valence-electron chi connectivity index (χ2n) is 6.38. The van der Waals surface area contributed by atoms with Crippen LogP contribution in [-0.4, -0.2) is 22.1 Å². The van der Waals surface area contributed by atoms with Gasteiger partial charge in [-0.1, -0.05) is 25.2 Å². The highest BCUT2D eigenvalue weighted by molar-refractivity contribution is 7.15. The van der Waals surface area contributed by atoms with Crippen molar-refractivity contribution in [3.05, 3.63) is 5.01 Å². The zero-order valence-electron chi connectivity index (χ0n) is 13.1. The minimum atomic E-state index is -0.0377. The summed E-state index contributed by atoms with van der Waals surface area (Å²) in [5.41, 5.74) is 6.22. The van der Waals surface area contributed by atoms with Crippen LogP contribution in [0.2, 0.25) is 0 Å². The Kier molecular flexibility index (Phi) is 5.80. The molecule has 3 rings (SSSR count). The molecular formula is C15H25ClN4OS. The van der Waals surface area contributed by atoms with Gasteiger partial charge in [0.15, 0.2) is 0 Å². The number of fused-ring (bicyclic) bond motifs is 2. The van der Waals surface area contributed by atoms with E-state index < -0.39 is 0 Å². The number of amides is 1. The fourth-order valence-electron chi connectivity index (χ4n) is 4.00. The largest absolute Gasteiger partial charge is 0.327 e. The Morgan fingerprint density at radius 3 is 2.59 bits per heavy atom. The van der Waals surface area contributed by atoms with Crippen LogP contribution in [0.4, 0.5) is 5.13 Å². The van der Waals surface area contributed by atoms with Gasteiger partial charge in [-0.3, -0.25) is 4.79 Å². The van der Waals surface area contributed by atoms with Gasteiger partial charge in [-0.25, -0.2) is 0 Å². The molecule has 3 N–H and O–H groups in total. The highest BCUT2D eigenvalue weighted by Gasteiger charge is 2.49. The van der Waals surface area contributed by atoms with Gasteiger partial charge in [0.1, 0.15) is 5.01 Å². The minimum Gasteiger partial charge on any atom is -0.327 e. The summed E-state index contributed by atoms with van der Waals surface area (Å²) in [7, 11) is 0. The molecule has 0 radical (unpaired) electrons. The molecular weight excluding hydrogens is 320 g/mol. The summed E-state index contributed by atoms with van der Waals surface area (Å²) >= 11 is 1.50. The number of nitrogens with two attached hydrogens (primary N) is 1. The molecule has 1 aromatic rings. The molecule has 4 atom stereocenters. The van der Waals surface area contributed by atoms with Crippen LogP contribution < -0.4 is 11.1 Å². The maximum Gasteiger partial charge on any atom is 0.231 e. The Balaban J connectivity index is 0.00000176. The van der Waals surface area contributed by atoms with E-state index in [1.807, 2.05) is 0 Å². The van der Waals surface area contributed by atoms with Crippen LogP contribution in [0.25, 0.3) is 0 Å². The molecule has 4 unspecified atom stereocenters. The number of anilines is 1. The molecule has 0 aliphatic heterocycles. The van der Waals surface area contributed by atoms with Crippen molar-refractivity contribution >= 4 is 34.8 Å². The maximum absolute atomic E-state index is 12.5. The smallest absolute Gasteiger partial charge is 0.231 e. The second kappa shape index (κ2) is 7.23. The topological polar surface area (TPSA) is 80.9 Å². The van der Waals surface area contributed by atoms with Gasteiger partial charge in [-0.15, -0.1) is 22.6 Å². The first-order chi connectivity index (χ1) is 10.1. The third-order valence-electron chi connectivity index (χ3n) is 5.29. The predicted octanol–water partition coefficient (Wildman–Crippen LogP) is 3.18. The number of carbonyl (C=O) groups excluding carboxylic acids is 1. The lowest BCUT2D eigenvalue weighted by Gasteiger charge is -2.26. The number of halogens is 1. The number of rotatable bonds is 5. The van der Waals surface area contributed by atoms with Crippen LogP contribution in [0.1, 0.15) is 56.9 Å². The van der Waals surface area contributed by atoms with E-state index in [1.165, 1.54) is 17.8 Å². The Bertz CT molecular complexity index is 517. The van der Waals surface area contributed by atoms with E-state index in [1.54, 1.807) is 0 Å². The van der Waals surface area contributed by atoms with Crippen LogP contribution in [0.3, 0.4) is 0 Å². The number of hydrogen-bond donors (Lipinski definition) is 2. The van der Waals surface area contributed by atoms with Crippen LogP contribution in [0, 0.1) is 17.8 Å². The van der Waals surface area contributed by atoms with Crippen molar-refractivity contribution < 1.29 is 4.79 Å². The average molecular weight is 345 g/mol. The van der Waals surface area contributed by atoms with Crippen LogP contribution >= 0.6 is 23.7 Å². The molecule has 1 heterocycles. The van der Waals surface area contributed by atoms with E-state index in [0.717, 1.165) is 30.7 Å². The van der Waals surface area contributed by atoms with Crippen molar-refractivity contribution in [1.29, 1.82) is 0 Å². The van der Waals surface area contributed by atoms with Crippen LogP contribution in [0.5, 0.6) is 0 Å². The molecule has 2 aliphatic rings. The predicted molar refractivity (Wildman–Crippen MR) is 91.4 cm³/mol. The monoisotopic (exact) mass is 344 g/mol. The SMILES string of the molecule is CCC(CC)c1nnc(NC(=O)C2C3CCC(C3)C2N)s1.Cl. The first-order valence-corrected chi connectivity index (χ1v) is 8.85. The molecule has 0 aromatic carbocycles. The lowest BCUT2D eigenvalue weighted by Crippen LogP contribution is -2.42. The van der Waals surface area contributed by atoms with Gasteiger partial charge < -0.3 is 11.1 Å². The van der Waals surface area contributed by atoms with Gasteiger partial charge in [0.05, 0.1) is 5.92 Å². The van der Waals surface area contributed by atoms with E-state index in [9.17, 15) is 4.79 Å². The lowest BCUT2D eigenvalue weighted by atomic mass is 9.84. The number of aromatic nitrogens is 2. The molecule has 7 heteroatoms. The molecule has 22 heavy (non-hydrogen) atoms. The maximum atomic E-state index is 12.5. The van der Waals surface area contributed by atoms with Crippen molar-refractivity contribution in [3.63, 3.8) is 0 Å². The Hall–Kier alpha value is -0.720. The zero-order chi connectivity index (χ0) is 15.0. The number of hydrogen-bond acceptors (Lipinski definition) is 5. The standard InChI is InChI=1S/C15H24N4OS.ClH/c1-3-8(4-2)14-18-19-15(21-14)17-13(20)11-9-5-6-10(7-9)12(11)16;/h8-12H,3-7,16H2,1-2H3,(H,17,19,20);1H. The Labute approximate surface area is 141 Å². The van der Waals surface area contributed by atoms with Gasteiger partial charge >= 0.3 is 0 Å². The van der Waals surface area contributed by atoms with Gasteiger partial charge in [0.2, 0.25) is 11.0 Å². The lowest BCUT2D eigenvalue weighted by molar-refractivity contribution is -0.121. The zero-order valence-corrected chi connectivity index (χ0v) is 14.8. The van der Waals surface area contributed by atoms with E-state index in [0.29, 0.717) is 22.9 Å². The summed E-state index contributed by atoms with van der Waals surface area (Å²) in [6, 6.07) is 0.0233. The fraction of sp³-hybridized carbons (Fsp3) is 0.800. The minimum absolute atomic E-state index is 0. The number of carbonyl (C=O) groups is 1. The molecule has 1 aromatic heterocycles. The Morgan fingerprint density at radius 1 is 1.32 bits per heavy atom. The molecule has 124 valence electrons. The van der Waals surface area contributed by atoms with Crippen molar-refractivity contribution in [2.24, 2.45) is 23.5 Å². The molecule has 2 fully saturated rings. The molecule has 1 amide bonds. The van der Waals surface area contributed by atoms with Crippen molar-refractivity contribution in [2.75, 3.05) is 5.32 Å². The molecule has 2 aliphatic carbocycles. The van der Waals surface area contributed by atoms with E-state index in [-0.39, 0.29) is 30.3 Å². The van der Waals surface area contributed by atoms with Crippen molar-refractivity contribution in [2.45, 2.75) is 57.9 Å². The Morgan fingerprint density at radius 2 is 2.00 bits per heavy atom. The van der Waals surface area contributed by atoms with E-state index in [4.69, 9.17) is 5.73 Å². The number of nitrogens with zero attached hydrogens (tertiary/aromatic N) is 2. The third kappa shape index (κ3) is 3.14. The second-order valence-corrected chi connectivity index (χ2v) is 7.39. The molecule has 0 saturated heterocycles. The number of nitrogens with one attached hydrogen (secondary N) is 1. The highest BCUT2D eigenvalue weighted by Crippen LogP contribution is 2.48. The van der Waals surface area contributed by atoms with Crippen molar-refractivity contribution in [1.82, 2.24) is 10.2 Å². The summed E-state index contributed by atoms with van der Waals surface area (Å²) in [6.45, 7) is 4.31. The molecule has 2 bridgehead atoms. The summed E-state index contributed by atoms with van der Waals surface area (Å²) in [4.78, 5) is 12.5. The van der Waals surface area contributed by atoms with E-state index in [2.05, 4.69) is 29.4 Å². The highest BCUT2D eigenvalue weighted by atomic mass is 35.5. The molecule has 0 spiro atoms. The third-order valence-corrected chi connectivity index (χ3v) is 6.29. The normalized spacial score (nSPS) is 29.6. The van der Waals surface area contributed by atoms with Gasteiger partial charge in [-0.05, 0) is 43.9 Å². The molecule has 5 nitrogen and oxygen atoms in total. The van der Waals surface area contributed by atoms with E-state index >= 15 is 0 Å². The first kappa shape index (κ1) is 17.6. The quantitative estimate of drug-likeness (QED) is 0.859. The van der Waals surface area contributed by atoms with Gasteiger partial charge in [0, 0.05) is 12.0 Å². The summed E-state index contributed by atoms with van der Waals surface area (Å²) in [5, 5.41) is 12.9. The summed E-state index contributed by atoms with van der Waals surface area (Å²) in [5.74, 6) is 1.46.